The summed E-state index contributed by atoms with van der Waals surface area (Å²) in [5, 5.41) is 4.45. The van der Waals surface area contributed by atoms with Gasteiger partial charge in [-0.2, -0.15) is 10.1 Å². The summed E-state index contributed by atoms with van der Waals surface area (Å²) in [5.74, 6) is 1.24. The van der Waals surface area contributed by atoms with Crippen molar-refractivity contribution in [2.75, 3.05) is 36.6 Å². The molecule has 27 heavy (non-hydrogen) atoms. The summed E-state index contributed by atoms with van der Waals surface area (Å²) in [7, 11) is 0. The maximum atomic E-state index is 5.46. The van der Waals surface area contributed by atoms with E-state index in [1.54, 1.807) is 6.20 Å². The van der Waals surface area contributed by atoms with Crippen molar-refractivity contribution in [3.63, 3.8) is 0 Å². The molecule has 1 aliphatic heterocycles. The molecule has 8 heteroatoms. The molecule has 0 radical (unpaired) electrons. The Morgan fingerprint density at radius 3 is 2.74 bits per heavy atom. The fourth-order valence-electron chi connectivity index (χ4n) is 2.90. The monoisotopic (exact) mass is 426 g/mol. The van der Waals surface area contributed by atoms with Crippen molar-refractivity contribution in [3.8, 4) is 0 Å². The highest BCUT2D eigenvalue weighted by Gasteiger charge is 2.18. The van der Waals surface area contributed by atoms with Gasteiger partial charge in [-0.3, -0.25) is 0 Å². The summed E-state index contributed by atoms with van der Waals surface area (Å²) in [4.78, 5) is 16.0. The zero-order chi connectivity index (χ0) is 18.6. The second kappa shape index (κ2) is 7.98. The van der Waals surface area contributed by atoms with Gasteiger partial charge >= 0.3 is 0 Å². The van der Waals surface area contributed by atoms with Crippen LogP contribution in [0.3, 0.4) is 0 Å². The summed E-state index contributed by atoms with van der Waals surface area (Å²) >= 11 is 3.47. The van der Waals surface area contributed by atoms with Crippen LogP contribution in [0, 0.1) is 0 Å². The first-order valence-corrected chi connectivity index (χ1v) is 9.52. The Kier molecular flexibility index (Phi) is 5.26. The molecule has 0 unspecified atom stereocenters. The van der Waals surface area contributed by atoms with E-state index in [4.69, 9.17) is 4.74 Å². The summed E-state index contributed by atoms with van der Waals surface area (Å²) in [6.07, 6.45) is 1.76. The van der Waals surface area contributed by atoms with Crippen molar-refractivity contribution < 1.29 is 4.74 Å². The Morgan fingerprint density at radius 2 is 1.96 bits per heavy atom. The van der Waals surface area contributed by atoms with Crippen LogP contribution in [0.5, 0.6) is 0 Å². The molecule has 0 saturated carbocycles. The Labute approximate surface area is 165 Å². The number of ether oxygens (including phenoxy) is 1. The molecular formula is C19H19BrN6O. The molecule has 0 amide bonds. The van der Waals surface area contributed by atoms with Crippen molar-refractivity contribution in [2.24, 2.45) is 5.10 Å². The maximum Gasteiger partial charge on any atom is 0.246 e. The molecule has 1 aromatic carbocycles. The molecular weight excluding hydrogens is 408 g/mol. The maximum absolute atomic E-state index is 5.46. The largest absolute Gasteiger partial charge is 0.378 e. The highest BCUT2D eigenvalue weighted by Crippen LogP contribution is 2.26. The first-order valence-electron chi connectivity index (χ1n) is 8.72. The normalized spacial score (nSPS) is 15.2. The number of aromatic nitrogens is 3. The molecule has 2 aromatic heterocycles. The predicted molar refractivity (Wildman–Crippen MR) is 110 cm³/mol. The standard InChI is InChI=1S/C19H19BrN6O/c1-13(14-5-3-2-4-6-14)24-25-19-22-16-11-15(20)12-21-17(16)18(23-19)26-7-9-27-10-8-26/h2-6,11-12H,7-10H2,1H3,(H,22,23,25)/b24-13+. The van der Waals surface area contributed by atoms with E-state index in [0.717, 1.165) is 45.7 Å². The van der Waals surface area contributed by atoms with Crippen molar-refractivity contribution in [1.82, 2.24) is 15.0 Å². The van der Waals surface area contributed by atoms with Crippen LogP contribution in [-0.2, 0) is 4.74 Å². The second-order valence-electron chi connectivity index (χ2n) is 6.17. The number of morpholine rings is 1. The quantitative estimate of drug-likeness (QED) is 0.508. The van der Waals surface area contributed by atoms with Gasteiger partial charge < -0.3 is 9.64 Å². The molecule has 1 fully saturated rings. The van der Waals surface area contributed by atoms with Gasteiger partial charge in [-0.15, -0.1) is 0 Å². The lowest BCUT2D eigenvalue weighted by Gasteiger charge is -2.28. The van der Waals surface area contributed by atoms with E-state index in [1.807, 2.05) is 43.3 Å². The molecule has 138 valence electrons. The molecule has 1 saturated heterocycles. The fraction of sp³-hybridized carbons (Fsp3) is 0.263. The van der Waals surface area contributed by atoms with E-state index in [1.165, 1.54) is 0 Å². The van der Waals surface area contributed by atoms with Crippen LogP contribution >= 0.6 is 15.9 Å². The molecule has 1 N–H and O–H groups in total. The van der Waals surface area contributed by atoms with Crippen LogP contribution in [0.4, 0.5) is 11.8 Å². The minimum absolute atomic E-state index is 0.444. The van der Waals surface area contributed by atoms with Gasteiger partial charge in [0, 0.05) is 23.8 Å². The number of hydrogen-bond donors (Lipinski definition) is 1. The zero-order valence-electron chi connectivity index (χ0n) is 14.9. The number of halogens is 1. The Bertz CT molecular complexity index is 973. The van der Waals surface area contributed by atoms with E-state index >= 15 is 0 Å². The van der Waals surface area contributed by atoms with Gasteiger partial charge in [0.05, 0.1) is 24.4 Å². The first-order chi connectivity index (χ1) is 13.2. The van der Waals surface area contributed by atoms with Gasteiger partial charge in [0.1, 0.15) is 5.52 Å². The molecule has 3 heterocycles. The number of rotatable bonds is 4. The van der Waals surface area contributed by atoms with Crippen LogP contribution in [0.15, 0.2) is 52.2 Å². The average Bonchev–Trinajstić information content (AvgIpc) is 2.72. The lowest BCUT2D eigenvalue weighted by atomic mass is 10.1. The SMILES string of the molecule is C/C(=N\Nc1nc(N2CCOCC2)c2ncc(Br)cc2n1)c1ccccc1. The summed E-state index contributed by atoms with van der Waals surface area (Å²) in [5.41, 5.74) is 6.44. The van der Waals surface area contributed by atoms with E-state index in [9.17, 15) is 0 Å². The number of anilines is 2. The van der Waals surface area contributed by atoms with Crippen LogP contribution in [0.2, 0.25) is 0 Å². The van der Waals surface area contributed by atoms with Gasteiger partial charge in [-0.1, -0.05) is 30.3 Å². The molecule has 4 rings (SSSR count). The number of fused-ring (bicyclic) bond motifs is 1. The van der Waals surface area contributed by atoms with Gasteiger partial charge in [-0.25, -0.2) is 15.4 Å². The molecule has 0 spiro atoms. The molecule has 3 aromatic rings. The van der Waals surface area contributed by atoms with Gasteiger partial charge in [0.2, 0.25) is 5.95 Å². The summed E-state index contributed by atoms with van der Waals surface area (Å²) < 4.78 is 6.33. The third kappa shape index (κ3) is 4.06. The zero-order valence-corrected chi connectivity index (χ0v) is 16.5. The first kappa shape index (κ1) is 17.8. The minimum Gasteiger partial charge on any atom is -0.378 e. The van der Waals surface area contributed by atoms with Gasteiger partial charge in [-0.05, 0) is 34.5 Å². The highest BCUT2D eigenvalue weighted by atomic mass is 79.9. The molecule has 0 atom stereocenters. The Hall–Kier alpha value is -2.58. The van der Waals surface area contributed by atoms with E-state index < -0.39 is 0 Å². The van der Waals surface area contributed by atoms with E-state index in [2.05, 4.69) is 46.3 Å². The van der Waals surface area contributed by atoms with E-state index in [0.29, 0.717) is 19.2 Å². The van der Waals surface area contributed by atoms with Crippen molar-refractivity contribution in [1.29, 1.82) is 0 Å². The summed E-state index contributed by atoms with van der Waals surface area (Å²) in [6, 6.07) is 11.9. The second-order valence-corrected chi connectivity index (χ2v) is 7.08. The van der Waals surface area contributed by atoms with Gasteiger partial charge in [0.15, 0.2) is 5.82 Å². The highest BCUT2D eigenvalue weighted by molar-refractivity contribution is 9.10. The number of benzene rings is 1. The number of nitrogens with one attached hydrogen (secondary N) is 1. The Morgan fingerprint density at radius 1 is 1.19 bits per heavy atom. The van der Waals surface area contributed by atoms with Crippen LogP contribution in [0.25, 0.3) is 11.0 Å². The van der Waals surface area contributed by atoms with Crippen LogP contribution in [-0.4, -0.2) is 47.0 Å². The molecule has 0 aliphatic carbocycles. The Balaban J connectivity index is 1.70. The van der Waals surface area contributed by atoms with Crippen molar-refractivity contribution in [2.45, 2.75) is 6.92 Å². The average molecular weight is 427 g/mol. The van der Waals surface area contributed by atoms with Crippen molar-refractivity contribution >= 4 is 44.4 Å². The number of nitrogens with zero attached hydrogens (tertiary/aromatic N) is 5. The topological polar surface area (TPSA) is 75.5 Å². The van der Waals surface area contributed by atoms with E-state index in [-0.39, 0.29) is 0 Å². The number of hydrazone groups is 1. The smallest absolute Gasteiger partial charge is 0.246 e. The third-order valence-electron chi connectivity index (χ3n) is 4.31. The lowest BCUT2D eigenvalue weighted by molar-refractivity contribution is 0.122. The molecule has 7 nitrogen and oxygen atoms in total. The molecule has 1 aliphatic rings. The predicted octanol–water partition coefficient (Wildman–Crippen LogP) is 3.46. The number of hydrogen-bond acceptors (Lipinski definition) is 7. The van der Waals surface area contributed by atoms with Gasteiger partial charge in [0.25, 0.3) is 0 Å². The lowest BCUT2D eigenvalue weighted by Crippen LogP contribution is -2.37. The summed E-state index contributed by atoms with van der Waals surface area (Å²) in [6.45, 7) is 4.85. The third-order valence-corrected chi connectivity index (χ3v) is 4.74. The minimum atomic E-state index is 0.444. The molecule has 0 bridgehead atoms. The number of pyridine rings is 1. The van der Waals surface area contributed by atoms with Crippen LogP contribution < -0.4 is 10.3 Å². The van der Waals surface area contributed by atoms with Crippen molar-refractivity contribution in [3.05, 3.63) is 52.6 Å². The van der Waals surface area contributed by atoms with Crippen LogP contribution in [0.1, 0.15) is 12.5 Å². The fourth-order valence-corrected chi connectivity index (χ4v) is 3.22.